The van der Waals surface area contributed by atoms with Crippen molar-refractivity contribution in [1.29, 1.82) is 0 Å². The second-order valence-electron chi connectivity index (χ2n) is 6.77. The zero-order valence-electron chi connectivity index (χ0n) is 15.7. The first-order valence-electron chi connectivity index (χ1n) is 9.03. The highest BCUT2D eigenvalue weighted by atomic mass is 79.9. The van der Waals surface area contributed by atoms with Crippen LogP contribution in [0.15, 0.2) is 51.5 Å². The van der Waals surface area contributed by atoms with Crippen LogP contribution < -0.4 is 5.32 Å². The van der Waals surface area contributed by atoms with Gasteiger partial charge in [0.1, 0.15) is 5.82 Å². The van der Waals surface area contributed by atoms with Crippen molar-refractivity contribution in [1.82, 2.24) is 15.5 Å². The third kappa shape index (κ3) is 5.48. The molecule has 1 aromatic heterocycles. The number of aryl methyl sites for hydroxylation is 2. The van der Waals surface area contributed by atoms with Gasteiger partial charge in [-0.1, -0.05) is 45.4 Å². The molecule has 0 saturated heterocycles. The van der Waals surface area contributed by atoms with Gasteiger partial charge in [0.15, 0.2) is 0 Å². The van der Waals surface area contributed by atoms with Crippen LogP contribution in [0.4, 0.5) is 4.39 Å². The first-order chi connectivity index (χ1) is 13.4. The van der Waals surface area contributed by atoms with Crippen molar-refractivity contribution in [3.8, 4) is 11.4 Å². The van der Waals surface area contributed by atoms with Gasteiger partial charge in [-0.25, -0.2) is 4.39 Å². The van der Waals surface area contributed by atoms with Crippen LogP contribution in [-0.4, -0.2) is 22.1 Å². The van der Waals surface area contributed by atoms with Gasteiger partial charge in [0.05, 0.1) is 0 Å². The van der Waals surface area contributed by atoms with Crippen LogP contribution in [0.1, 0.15) is 30.4 Å². The molecule has 1 heterocycles. The fraction of sp³-hybridized carbons (Fsp3) is 0.286. The minimum Gasteiger partial charge on any atom is -0.353 e. The zero-order chi connectivity index (χ0) is 20.1. The minimum atomic E-state index is -0.317. The topological polar surface area (TPSA) is 68.0 Å². The van der Waals surface area contributed by atoms with Crippen LogP contribution in [0.5, 0.6) is 0 Å². The SMILES string of the molecule is Cc1ccc(-c2noc(CCC(=O)NC(C)Cc3ccc(Br)cc3)n2)cc1F. The third-order valence-electron chi connectivity index (χ3n) is 4.33. The second kappa shape index (κ2) is 9.10. The molecule has 0 radical (unpaired) electrons. The molecule has 2 aromatic carbocycles. The van der Waals surface area contributed by atoms with E-state index in [1.807, 2.05) is 31.2 Å². The summed E-state index contributed by atoms with van der Waals surface area (Å²) in [5.41, 5.74) is 2.26. The summed E-state index contributed by atoms with van der Waals surface area (Å²) in [4.78, 5) is 16.4. The number of carbonyl (C=O) groups is 1. The van der Waals surface area contributed by atoms with Crippen molar-refractivity contribution in [3.63, 3.8) is 0 Å². The van der Waals surface area contributed by atoms with Crippen LogP contribution in [0.3, 0.4) is 0 Å². The van der Waals surface area contributed by atoms with Crippen LogP contribution >= 0.6 is 15.9 Å². The second-order valence-corrected chi connectivity index (χ2v) is 7.69. The van der Waals surface area contributed by atoms with Crippen LogP contribution in [0.25, 0.3) is 11.4 Å². The number of rotatable bonds is 7. The Hall–Kier alpha value is -2.54. The van der Waals surface area contributed by atoms with E-state index in [9.17, 15) is 9.18 Å². The lowest BCUT2D eigenvalue weighted by atomic mass is 10.1. The summed E-state index contributed by atoms with van der Waals surface area (Å²) < 4.78 is 19.9. The van der Waals surface area contributed by atoms with E-state index in [0.717, 1.165) is 16.5 Å². The van der Waals surface area contributed by atoms with Gasteiger partial charge < -0.3 is 9.84 Å². The van der Waals surface area contributed by atoms with Crippen LogP contribution in [0, 0.1) is 12.7 Å². The summed E-state index contributed by atoms with van der Waals surface area (Å²) in [5, 5.41) is 6.85. The summed E-state index contributed by atoms with van der Waals surface area (Å²) in [6.45, 7) is 3.66. The normalized spacial score (nSPS) is 12.0. The van der Waals surface area contributed by atoms with E-state index < -0.39 is 0 Å². The van der Waals surface area contributed by atoms with Gasteiger partial charge in [-0.2, -0.15) is 4.98 Å². The average Bonchev–Trinajstić information content (AvgIpc) is 3.13. The molecule has 0 aliphatic carbocycles. The fourth-order valence-corrected chi connectivity index (χ4v) is 3.06. The summed E-state index contributed by atoms with van der Waals surface area (Å²) >= 11 is 3.41. The maximum Gasteiger partial charge on any atom is 0.227 e. The summed E-state index contributed by atoms with van der Waals surface area (Å²) in [7, 11) is 0. The Kier molecular flexibility index (Phi) is 6.57. The predicted octanol–water partition coefficient (Wildman–Crippen LogP) is 4.63. The maximum absolute atomic E-state index is 13.7. The third-order valence-corrected chi connectivity index (χ3v) is 4.86. The number of halogens is 2. The van der Waals surface area contributed by atoms with Gasteiger partial charge >= 0.3 is 0 Å². The van der Waals surface area contributed by atoms with E-state index in [-0.39, 0.29) is 24.2 Å². The number of amides is 1. The van der Waals surface area contributed by atoms with Gasteiger partial charge in [0.25, 0.3) is 0 Å². The molecule has 0 aliphatic rings. The van der Waals surface area contributed by atoms with Gasteiger partial charge in [0, 0.05) is 28.9 Å². The van der Waals surface area contributed by atoms with E-state index in [1.165, 1.54) is 6.07 Å². The lowest BCUT2D eigenvalue weighted by molar-refractivity contribution is -0.121. The molecule has 0 fully saturated rings. The molecule has 0 saturated carbocycles. The molecule has 3 aromatic rings. The molecule has 3 rings (SSSR count). The molecule has 1 amide bonds. The summed E-state index contributed by atoms with van der Waals surface area (Å²) in [6, 6.07) is 12.8. The molecular formula is C21H21BrFN3O2. The number of aromatic nitrogens is 2. The Morgan fingerprint density at radius 2 is 2.00 bits per heavy atom. The molecule has 7 heteroatoms. The van der Waals surface area contributed by atoms with E-state index in [1.54, 1.807) is 19.1 Å². The van der Waals surface area contributed by atoms with Gasteiger partial charge in [-0.05, 0) is 49.6 Å². The highest BCUT2D eigenvalue weighted by Gasteiger charge is 2.13. The molecule has 1 unspecified atom stereocenters. The number of nitrogens with one attached hydrogen (secondary N) is 1. The highest BCUT2D eigenvalue weighted by Crippen LogP contribution is 2.19. The van der Waals surface area contributed by atoms with E-state index in [4.69, 9.17) is 4.52 Å². The molecule has 0 bridgehead atoms. The zero-order valence-corrected chi connectivity index (χ0v) is 17.3. The van der Waals surface area contributed by atoms with Crippen molar-refractivity contribution in [2.24, 2.45) is 0 Å². The van der Waals surface area contributed by atoms with Gasteiger partial charge in [0.2, 0.25) is 17.6 Å². The summed E-state index contributed by atoms with van der Waals surface area (Å²) in [5.74, 6) is 0.276. The Morgan fingerprint density at radius 3 is 2.71 bits per heavy atom. The van der Waals surface area contributed by atoms with Crippen molar-refractivity contribution in [3.05, 3.63) is 69.8 Å². The van der Waals surface area contributed by atoms with E-state index in [0.29, 0.717) is 29.3 Å². The van der Waals surface area contributed by atoms with Gasteiger partial charge in [-0.15, -0.1) is 0 Å². The number of hydrogen-bond acceptors (Lipinski definition) is 4. The number of nitrogens with zero attached hydrogens (tertiary/aromatic N) is 2. The standard InChI is InChI=1S/C21H21BrFN3O2/c1-13-3-6-16(12-18(13)23)21-25-20(28-26-21)10-9-19(27)24-14(2)11-15-4-7-17(22)8-5-15/h3-8,12,14H,9-11H2,1-2H3,(H,24,27). The molecule has 0 aliphatic heterocycles. The summed E-state index contributed by atoms with van der Waals surface area (Å²) in [6.07, 6.45) is 1.33. The Bertz CT molecular complexity index is 957. The van der Waals surface area contributed by atoms with Crippen molar-refractivity contribution in [2.75, 3.05) is 0 Å². The van der Waals surface area contributed by atoms with Crippen molar-refractivity contribution in [2.45, 2.75) is 39.2 Å². The van der Waals surface area contributed by atoms with Crippen LogP contribution in [-0.2, 0) is 17.6 Å². The first kappa shape index (κ1) is 20.2. The maximum atomic E-state index is 13.7. The molecule has 1 N–H and O–H groups in total. The lowest BCUT2D eigenvalue weighted by Gasteiger charge is -2.13. The van der Waals surface area contributed by atoms with Gasteiger partial charge in [-0.3, -0.25) is 4.79 Å². The van der Waals surface area contributed by atoms with Crippen LogP contribution in [0.2, 0.25) is 0 Å². The molecule has 1 atom stereocenters. The fourth-order valence-electron chi connectivity index (χ4n) is 2.80. The average molecular weight is 446 g/mol. The number of carbonyl (C=O) groups excluding carboxylic acids is 1. The Morgan fingerprint density at radius 1 is 1.25 bits per heavy atom. The number of hydrogen-bond donors (Lipinski definition) is 1. The van der Waals surface area contributed by atoms with Crippen molar-refractivity contribution < 1.29 is 13.7 Å². The molecular weight excluding hydrogens is 425 g/mol. The largest absolute Gasteiger partial charge is 0.353 e. The van der Waals surface area contributed by atoms with Crippen molar-refractivity contribution >= 4 is 21.8 Å². The smallest absolute Gasteiger partial charge is 0.227 e. The minimum absolute atomic E-state index is 0.0162. The molecule has 5 nitrogen and oxygen atoms in total. The van der Waals surface area contributed by atoms with E-state index >= 15 is 0 Å². The van der Waals surface area contributed by atoms with E-state index in [2.05, 4.69) is 31.4 Å². The predicted molar refractivity (Wildman–Crippen MR) is 108 cm³/mol. The first-order valence-corrected chi connectivity index (χ1v) is 9.83. The lowest BCUT2D eigenvalue weighted by Crippen LogP contribution is -2.34. The number of benzene rings is 2. The molecule has 28 heavy (non-hydrogen) atoms. The Labute approximate surface area is 171 Å². The monoisotopic (exact) mass is 445 g/mol. The highest BCUT2D eigenvalue weighted by molar-refractivity contribution is 9.10. The Balaban J connectivity index is 1.50. The molecule has 0 spiro atoms. The quantitative estimate of drug-likeness (QED) is 0.575. The molecule has 146 valence electrons.